The van der Waals surface area contributed by atoms with Crippen LogP contribution in [0.15, 0.2) is 0 Å². The van der Waals surface area contributed by atoms with Crippen molar-refractivity contribution < 1.29 is 5.11 Å². The second-order valence-electron chi connectivity index (χ2n) is 3.94. The molecule has 1 aliphatic heterocycles. The van der Waals surface area contributed by atoms with Crippen LogP contribution in [0.1, 0.15) is 33.6 Å². The van der Waals surface area contributed by atoms with Gasteiger partial charge in [0.15, 0.2) is 0 Å². The van der Waals surface area contributed by atoms with Crippen LogP contribution >= 0.6 is 0 Å². The fourth-order valence-corrected chi connectivity index (χ4v) is 2.00. The molecule has 0 bridgehead atoms. The number of hydrogen-bond donors (Lipinski definition) is 1. The van der Waals surface area contributed by atoms with E-state index in [0.29, 0.717) is 6.04 Å². The van der Waals surface area contributed by atoms with Crippen LogP contribution in [0, 0.1) is 0 Å². The zero-order valence-electron chi connectivity index (χ0n) is 7.80. The molecule has 0 saturated carbocycles. The molecule has 11 heavy (non-hydrogen) atoms. The van der Waals surface area contributed by atoms with Gasteiger partial charge in [0.05, 0.1) is 5.60 Å². The van der Waals surface area contributed by atoms with Crippen molar-refractivity contribution in [1.82, 2.24) is 4.90 Å². The molecule has 0 amide bonds. The van der Waals surface area contributed by atoms with E-state index < -0.39 is 5.60 Å². The molecular formula is C9H19NO. The first kappa shape index (κ1) is 9.01. The Kier molecular flexibility index (Phi) is 2.55. The summed E-state index contributed by atoms with van der Waals surface area (Å²) >= 11 is 0. The maximum atomic E-state index is 9.78. The van der Waals surface area contributed by atoms with E-state index in [-0.39, 0.29) is 0 Å². The van der Waals surface area contributed by atoms with Crippen LogP contribution in [0.4, 0.5) is 0 Å². The van der Waals surface area contributed by atoms with Gasteiger partial charge in [0.25, 0.3) is 0 Å². The van der Waals surface area contributed by atoms with Gasteiger partial charge in [-0.3, -0.25) is 4.90 Å². The maximum Gasteiger partial charge on any atom is 0.0746 e. The van der Waals surface area contributed by atoms with Gasteiger partial charge >= 0.3 is 0 Å². The van der Waals surface area contributed by atoms with E-state index in [2.05, 4.69) is 11.8 Å². The highest BCUT2D eigenvalue weighted by molar-refractivity contribution is 4.89. The van der Waals surface area contributed by atoms with Crippen LogP contribution in [0.2, 0.25) is 0 Å². The zero-order valence-corrected chi connectivity index (χ0v) is 7.80. The summed E-state index contributed by atoms with van der Waals surface area (Å²) in [6.07, 6.45) is 2.39. The summed E-state index contributed by atoms with van der Waals surface area (Å²) < 4.78 is 0. The van der Waals surface area contributed by atoms with Crippen LogP contribution in [-0.2, 0) is 0 Å². The van der Waals surface area contributed by atoms with Crippen molar-refractivity contribution in [2.45, 2.75) is 45.3 Å². The lowest BCUT2D eigenvalue weighted by molar-refractivity contribution is -0.000622. The molecule has 0 aromatic rings. The second-order valence-corrected chi connectivity index (χ2v) is 3.94. The third kappa shape index (κ3) is 1.94. The predicted octanol–water partition coefficient (Wildman–Crippen LogP) is 1.24. The Morgan fingerprint density at radius 3 is 2.55 bits per heavy atom. The number of nitrogens with zero attached hydrogens (tertiary/aromatic N) is 1. The van der Waals surface area contributed by atoms with Crippen LogP contribution in [-0.4, -0.2) is 34.7 Å². The molecule has 1 saturated heterocycles. The van der Waals surface area contributed by atoms with Crippen molar-refractivity contribution >= 4 is 0 Å². The molecule has 2 nitrogen and oxygen atoms in total. The number of rotatable bonds is 2. The Morgan fingerprint density at radius 1 is 1.55 bits per heavy atom. The standard InChI is InChI=1S/C9H19NO/c1-4-10-7-5-6-8(10)9(2,3)11/h8,11H,4-7H2,1-3H3/t8-/m0/s1. The minimum Gasteiger partial charge on any atom is -0.389 e. The van der Waals surface area contributed by atoms with Crippen molar-refractivity contribution in [3.63, 3.8) is 0 Å². The monoisotopic (exact) mass is 157 g/mol. The molecule has 2 heteroatoms. The molecule has 1 fully saturated rings. The Balaban J connectivity index is 2.57. The lowest BCUT2D eigenvalue weighted by atomic mass is 9.97. The molecule has 0 unspecified atom stereocenters. The quantitative estimate of drug-likeness (QED) is 0.652. The summed E-state index contributed by atoms with van der Waals surface area (Å²) in [6, 6.07) is 0.382. The average Bonchev–Trinajstić information content (AvgIpc) is 2.31. The number of hydrogen-bond acceptors (Lipinski definition) is 2. The van der Waals surface area contributed by atoms with Crippen LogP contribution < -0.4 is 0 Å². The third-order valence-corrected chi connectivity index (χ3v) is 2.59. The second kappa shape index (κ2) is 3.11. The molecule has 0 aromatic carbocycles. The van der Waals surface area contributed by atoms with E-state index in [9.17, 15) is 5.11 Å². The van der Waals surface area contributed by atoms with E-state index in [1.54, 1.807) is 0 Å². The van der Waals surface area contributed by atoms with Crippen molar-refractivity contribution in [3.05, 3.63) is 0 Å². The van der Waals surface area contributed by atoms with E-state index in [1.807, 2.05) is 13.8 Å². The molecule has 66 valence electrons. The van der Waals surface area contributed by atoms with Gasteiger partial charge in [0.2, 0.25) is 0 Å². The summed E-state index contributed by atoms with van der Waals surface area (Å²) in [5.41, 5.74) is -0.521. The Labute approximate surface area is 69.2 Å². The van der Waals surface area contributed by atoms with Gasteiger partial charge in [-0.15, -0.1) is 0 Å². The first-order chi connectivity index (χ1) is 5.05. The van der Waals surface area contributed by atoms with Gasteiger partial charge in [-0.1, -0.05) is 6.92 Å². The van der Waals surface area contributed by atoms with Crippen LogP contribution in [0.3, 0.4) is 0 Å². The lowest BCUT2D eigenvalue weighted by Gasteiger charge is -2.32. The zero-order chi connectivity index (χ0) is 8.48. The Morgan fingerprint density at radius 2 is 2.18 bits per heavy atom. The van der Waals surface area contributed by atoms with Crippen molar-refractivity contribution in [1.29, 1.82) is 0 Å². The summed E-state index contributed by atoms with van der Waals surface area (Å²) in [5, 5.41) is 9.78. The minimum absolute atomic E-state index is 0.382. The summed E-state index contributed by atoms with van der Waals surface area (Å²) in [7, 11) is 0. The Hall–Kier alpha value is -0.0800. The highest BCUT2D eigenvalue weighted by Crippen LogP contribution is 2.25. The molecule has 0 aromatic heterocycles. The normalized spacial score (nSPS) is 27.8. The van der Waals surface area contributed by atoms with Gasteiger partial charge < -0.3 is 5.11 Å². The smallest absolute Gasteiger partial charge is 0.0746 e. The fraction of sp³-hybridized carbons (Fsp3) is 1.00. The van der Waals surface area contributed by atoms with Gasteiger partial charge in [-0.2, -0.15) is 0 Å². The number of likely N-dealkylation sites (tertiary alicyclic amines) is 1. The summed E-state index contributed by atoms with van der Waals surface area (Å²) in [5.74, 6) is 0. The highest BCUT2D eigenvalue weighted by Gasteiger charge is 2.34. The topological polar surface area (TPSA) is 23.5 Å². The van der Waals surface area contributed by atoms with Crippen LogP contribution in [0.5, 0.6) is 0 Å². The molecule has 1 heterocycles. The highest BCUT2D eigenvalue weighted by atomic mass is 16.3. The molecule has 0 aliphatic carbocycles. The van der Waals surface area contributed by atoms with E-state index in [1.165, 1.54) is 6.42 Å². The Bertz CT molecular complexity index is 128. The molecule has 0 radical (unpaired) electrons. The molecule has 1 rings (SSSR count). The summed E-state index contributed by atoms with van der Waals surface area (Å²) in [6.45, 7) is 8.20. The number of aliphatic hydroxyl groups is 1. The van der Waals surface area contributed by atoms with E-state index in [0.717, 1.165) is 19.5 Å². The van der Waals surface area contributed by atoms with Crippen molar-refractivity contribution in [2.75, 3.05) is 13.1 Å². The number of likely N-dealkylation sites (N-methyl/N-ethyl adjacent to an activating group) is 1. The van der Waals surface area contributed by atoms with Gasteiger partial charge in [-0.05, 0) is 39.8 Å². The third-order valence-electron chi connectivity index (χ3n) is 2.59. The van der Waals surface area contributed by atoms with Gasteiger partial charge in [-0.25, -0.2) is 0 Å². The molecule has 0 spiro atoms. The molecule has 1 N–H and O–H groups in total. The van der Waals surface area contributed by atoms with Crippen molar-refractivity contribution in [3.8, 4) is 0 Å². The first-order valence-corrected chi connectivity index (χ1v) is 4.52. The van der Waals surface area contributed by atoms with Gasteiger partial charge in [0.1, 0.15) is 0 Å². The largest absolute Gasteiger partial charge is 0.389 e. The lowest BCUT2D eigenvalue weighted by Crippen LogP contribution is -2.45. The summed E-state index contributed by atoms with van der Waals surface area (Å²) in [4.78, 5) is 2.36. The van der Waals surface area contributed by atoms with Crippen molar-refractivity contribution in [2.24, 2.45) is 0 Å². The SMILES string of the molecule is CCN1CCC[C@H]1C(C)(C)O. The minimum atomic E-state index is -0.521. The molecule has 1 atom stereocenters. The first-order valence-electron chi connectivity index (χ1n) is 4.52. The van der Waals surface area contributed by atoms with Crippen LogP contribution in [0.25, 0.3) is 0 Å². The molecular weight excluding hydrogens is 138 g/mol. The predicted molar refractivity (Wildman–Crippen MR) is 46.6 cm³/mol. The fourth-order valence-electron chi connectivity index (χ4n) is 2.00. The van der Waals surface area contributed by atoms with Gasteiger partial charge in [0, 0.05) is 6.04 Å². The molecule has 1 aliphatic rings. The van der Waals surface area contributed by atoms with E-state index >= 15 is 0 Å². The maximum absolute atomic E-state index is 9.78. The van der Waals surface area contributed by atoms with E-state index in [4.69, 9.17) is 0 Å². The average molecular weight is 157 g/mol.